The Kier molecular flexibility index (Phi) is 6.19. The predicted octanol–water partition coefficient (Wildman–Crippen LogP) is 4.09. The highest BCUT2D eigenvalue weighted by molar-refractivity contribution is 6.43. The van der Waals surface area contributed by atoms with Crippen LogP contribution < -0.4 is 5.73 Å². The van der Waals surface area contributed by atoms with Gasteiger partial charge in [-0.1, -0.05) is 34.8 Å². The Morgan fingerprint density at radius 2 is 2.06 bits per heavy atom. The Hall–Kier alpha value is -0.410. The summed E-state index contributed by atoms with van der Waals surface area (Å²) in [5.74, 6) is -0.0436. The summed E-state index contributed by atoms with van der Waals surface area (Å²) in [5.41, 5.74) is 7.44. The molecule has 0 heterocycles. The van der Waals surface area contributed by atoms with Gasteiger partial charge in [-0.3, -0.25) is 0 Å². The summed E-state index contributed by atoms with van der Waals surface area (Å²) >= 11 is 11.5. The SMILES string of the molecule is C=C(C)C[C@@H](N)c1ccc(Cl)c(Cl)c1O.Cl. The Morgan fingerprint density at radius 3 is 2.56 bits per heavy atom. The van der Waals surface area contributed by atoms with Gasteiger partial charge in [-0.05, 0) is 19.4 Å². The smallest absolute Gasteiger partial charge is 0.140 e. The van der Waals surface area contributed by atoms with E-state index in [4.69, 9.17) is 28.9 Å². The second-order valence-corrected chi connectivity index (χ2v) is 4.35. The van der Waals surface area contributed by atoms with Crippen LogP contribution in [0.5, 0.6) is 5.75 Å². The molecule has 1 aromatic rings. The minimum absolute atomic E-state index is 0. The fourth-order valence-electron chi connectivity index (χ4n) is 1.34. The quantitative estimate of drug-likeness (QED) is 0.820. The molecule has 0 saturated carbocycles. The van der Waals surface area contributed by atoms with Gasteiger partial charge < -0.3 is 10.8 Å². The van der Waals surface area contributed by atoms with Gasteiger partial charge in [0, 0.05) is 11.6 Å². The van der Waals surface area contributed by atoms with Gasteiger partial charge in [0.1, 0.15) is 10.8 Å². The molecule has 0 bridgehead atoms. The summed E-state index contributed by atoms with van der Waals surface area (Å²) in [4.78, 5) is 0. The van der Waals surface area contributed by atoms with E-state index in [1.54, 1.807) is 12.1 Å². The number of phenols is 1. The van der Waals surface area contributed by atoms with Gasteiger partial charge in [0.2, 0.25) is 0 Å². The van der Waals surface area contributed by atoms with Crippen LogP contribution in [0.15, 0.2) is 24.3 Å². The lowest BCUT2D eigenvalue weighted by atomic mass is 10.0. The van der Waals surface area contributed by atoms with Gasteiger partial charge in [-0.2, -0.15) is 0 Å². The summed E-state index contributed by atoms with van der Waals surface area (Å²) in [5, 5.41) is 10.2. The molecule has 0 aliphatic carbocycles. The monoisotopic (exact) mass is 281 g/mol. The van der Waals surface area contributed by atoms with Crippen molar-refractivity contribution < 1.29 is 5.11 Å². The zero-order valence-electron chi connectivity index (χ0n) is 8.84. The molecule has 0 aliphatic rings. The van der Waals surface area contributed by atoms with Crippen molar-refractivity contribution in [1.82, 2.24) is 0 Å². The lowest BCUT2D eigenvalue weighted by Gasteiger charge is -2.14. The van der Waals surface area contributed by atoms with Gasteiger partial charge >= 0.3 is 0 Å². The van der Waals surface area contributed by atoms with Crippen molar-refractivity contribution in [2.24, 2.45) is 5.73 Å². The minimum Gasteiger partial charge on any atom is -0.506 e. The highest BCUT2D eigenvalue weighted by Crippen LogP contribution is 2.37. The first kappa shape index (κ1) is 15.6. The standard InChI is InChI=1S/C11H13Cl2NO.ClH/c1-6(2)5-9(14)7-3-4-8(12)10(13)11(7)15;/h3-4,9,15H,1,5,14H2,2H3;1H/t9-;/m1./s1. The van der Waals surface area contributed by atoms with Gasteiger partial charge in [-0.25, -0.2) is 0 Å². The highest BCUT2D eigenvalue weighted by atomic mass is 35.5. The molecule has 0 fully saturated rings. The van der Waals surface area contributed by atoms with Crippen molar-refractivity contribution in [3.05, 3.63) is 39.9 Å². The van der Waals surface area contributed by atoms with E-state index in [-0.39, 0.29) is 29.2 Å². The van der Waals surface area contributed by atoms with Crippen molar-refractivity contribution in [2.75, 3.05) is 0 Å². The number of hydrogen-bond donors (Lipinski definition) is 2. The Morgan fingerprint density at radius 1 is 1.50 bits per heavy atom. The van der Waals surface area contributed by atoms with Crippen LogP contribution in [0.3, 0.4) is 0 Å². The number of hydrogen-bond acceptors (Lipinski definition) is 2. The first-order chi connectivity index (χ1) is 6.93. The molecule has 5 heteroatoms. The molecule has 0 unspecified atom stereocenters. The average molecular weight is 283 g/mol. The summed E-state index contributed by atoms with van der Waals surface area (Å²) in [6.07, 6.45) is 0.603. The van der Waals surface area contributed by atoms with E-state index in [0.29, 0.717) is 17.0 Å². The zero-order valence-corrected chi connectivity index (χ0v) is 11.2. The molecule has 1 rings (SSSR count). The van der Waals surface area contributed by atoms with Crippen LogP contribution in [0, 0.1) is 0 Å². The van der Waals surface area contributed by atoms with E-state index >= 15 is 0 Å². The molecule has 3 N–H and O–H groups in total. The molecule has 16 heavy (non-hydrogen) atoms. The molecular weight excluding hydrogens is 268 g/mol. The molecule has 0 aliphatic heterocycles. The molecule has 0 radical (unpaired) electrons. The molecule has 0 saturated heterocycles. The number of benzene rings is 1. The second kappa shape index (κ2) is 6.36. The van der Waals surface area contributed by atoms with Crippen molar-refractivity contribution in [3.63, 3.8) is 0 Å². The van der Waals surface area contributed by atoms with Crippen molar-refractivity contribution in [2.45, 2.75) is 19.4 Å². The highest BCUT2D eigenvalue weighted by Gasteiger charge is 2.15. The second-order valence-electron chi connectivity index (χ2n) is 3.57. The first-order valence-corrected chi connectivity index (χ1v) is 5.26. The average Bonchev–Trinajstić information content (AvgIpc) is 2.13. The van der Waals surface area contributed by atoms with E-state index in [1.165, 1.54) is 0 Å². The van der Waals surface area contributed by atoms with Crippen molar-refractivity contribution >= 4 is 35.6 Å². The molecular formula is C11H14Cl3NO. The maximum atomic E-state index is 9.74. The fourth-order valence-corrected chi connectivity index (χ4v) is 1.66. The van der Waals surface area contributed by atoms with Gasteiger partial charge in [0.15, 0.2) is 0 Å². The number of aromatic hydroxyl groups is 1. The molecule has 0 aromatic heterocycles. The fraction of sp³-hybridized carbons (Fsp3) is 0.273. The normalized spacial score (nSPS) is 11.8. The number of phenolic OH excluding ortho intramolecular Hbond substituents is 1. The third-order valence-corrected chi connectivity index (χ3v) is 2.86. The van der Waals surface area contributed by atoms with E-state index in [0.717, 1.165) is 5.57 Å². The van der Waals surface area contributed by atoms with E-state index in [1.807, 2.05) is 6.92 Å². The third kappa shape index (κ3) is 3.56. The van der Waals surface area contributed by atoms with Crippen molar-refractivity contribution in [1.29, 1.82) is 0 Å². The lowest BCUT2D eigenvalue weighted by molar-refractivity contribution is 0.461. The summed E-state index contributed by atoms with van der Waals surface area (Å²) in [7, 11) is 0. The Labute approximate surface area is 111 Å². The molecule has 1 aromatic carbocycles. The van der Waals surface area contributed by atoms with E-state index in [9.17, 15) is 5.11 Å². The first-order valence-electron chi connectivity index (χ1n) is 4.50. The molecule has 1 atom stereocenters. The summed E-state index contributed by atoms with van der Waals surface area (Å²) < 4.78 is 0. The lowest BCUT2D eigenvalue weighted by Crippen LogP contribution is -2.10. The third-order valence-electron chi connectivity index (χ3n) is 2.07. The van der Waals surface area contributed by atoms with Crippen LogP contribution in [-0.2, 0) is 0 Å². The summed E-state index contributed by atoms with van der Waals surface area (Å²) in [6.45, 7) is 5.65. The topological polar surface area (TPSA) is 46.2 Å². The summed E-state index contributed by atoms with van der Waals surface area (Å²) in [6, 6.07) is 2.99. The zero-order chi connectivity index (χ0) is 11.6. The minimum atomic E-state index is -0.308. The van der Waals surface area contributed by atoms with Gasteiger partial charge in [0.05, 0.1) is 5.02 Å². The van der Waals surface area contributed by atoms with Gasteiger partial charge in [0.25, 0.3) is 0 Å². The van der Waals surface area contributed by atoms with E-state index < -0.39 is 0 Å². The van der Waals surface area contributed by atoms with Crippen molar-refractivity contribution in [3.8, 4) is 5.75 Å². The molecule has 90 valence electrons. The van der Waals surface area contributed by atoms with Crippen LogP contribution in [0.25, 0.3) is 0 Å². The Balaban J connectivity index is 0.00000225. The maximum absolute atomic E-state index is 9.74. The largest absolute Gasteiger partial charge is 0.506 e. The van der Waals surface area contributed by atoms with E-state index in [2.05, 4.69) is 6.58 Å². The van der Waals surface area contributed by atoms with Crippen LogP contribution in [-0.4, -0.2) is 5.11 Å². The maximum Gasteiger partial charge on any atom is 0.140 e. The van der Waals surface area contributed by atoms with Crippen LogP contribution >= 0.6 is 35.6 Å². The number of halogens is 3. The van der Waals surface area contributed by atoms with Crippen LogP contribution in [0.2, 0.25) is 10.0 Å². The molecule has 0 amide bonds. The predicted molar refractivity (Wildman–Crippen MR) is 71.7 cm³/mol. The number of nitrogens with two attached hydrogens (primary N) is 1. The van der Waals surface area contributed by atoms with Crippen LogP contribution in [0.4, 0.5) is 0 Å². The Bertz CT molecular complexity index is 393. The molecule has 2 nitrogen and oxygen atoms in total. The number of rotatable bonds is 3. The van der Waals surface area contributed by atoms with Crippen LogP contribution in [0.1, 0.15) is 24.9 Å². The van der Waals surface area contributed by atoms with Gasteiger partial charge in [-0.15, -0.1) is 19.0 Å². The molecule has 0 spiro atoms.